The number of Topliss-reactive ketones (excluding diaryl/α,β-unsaturated/α-hetero) is 1. The Morgan fingerprint density at radius 2 is 2.00 bits per heavy atom. The summed E-state index contributed by atoms with van der Waals surface area (Å²) in [6, 6.07) is 0. The molecule has 0 aromatic heterocycles. The maximum absolute atomic E-state index is 11.3. The van der Waals surface area contributed by atoms with Crippen molar-refractivity contribution in [2.45, 2.75) is 39.0 Å². The molecule has 11 heavy (non-hydrogen) atoms. The highest BCUT2D eigenvalue weighted by molar-refractivity contribution is 5.83. The van der Waals surface area contributed by atoms with Gasteiger partial charge in [-0.1, -0.05) is 19.8 Å². The fourth-order valence-electron chi connectivity index (χ4n) is 2.83. The van der Waals surface area contributed by atoms with Crippen LogP contribution in [0.3, 0.4) is 0 Å². The molecular weight excluding hydrogens is 136 g/mol. The van der Waals surface area contributed by atoms with Crippen LogP contribution in [0.4, 0.5) is 0 Å². The van der Waals surface area contributed by atoms with Crippen LogP contribution in [0.5, 0.6) is 0 Å². The summed E-state index contributed by atoms with van der Waals surface area (Å²) < 4.78 is 0. The lowest BCUT2D eigenvalue weighted by Crippen LogP contribution is -2.18. The zero-order valence-corrected chi connectivity index (χ0v) is 7.18. The largest absolute Gasteiger partial charge is 0.299 e. The van der Waals surface area contributed by atoms with Gasteiger partial charge in [0.15, 0.2) is 0 Å². The van der Waals surface area contributed by atoms with E-state index < -0.39 is 0 Å². The Morgan fingerprint density at radius 3 is 2.73 bits per heavy atom. The Hall–Kier alpha value is -0.330. The second kappa shape index (κ2) is 2.62. The van der Waals surface area contributed by atoms with Crippen LogP contribution in [0.25, 0.3) is 0 Å². The van der Waals surface area contributed by atoms with Crippen LogP contribution in [-0.2, 0) is 4.79 Å². The SMILES string of the molecule is CC1C(=O)CC2CCCC[C@H]21. The van der Waals surface area contributed by atoms with E-state index in [1.165, 1.54) is 25.7 Å². The van der Waals surface area contributed by atoms with E-state index in [2.05, 4.69) is 6.92 Å². The average molecular weight is 152 g/mol. The quantitative estimate of drug-likeness (QED) is 0.521. The van der Waals surface area contributed by atoms with Gasteiger partial charge < -0.3 is 0 Å². The third-order valence-electron chi connectivity index (χ3n) is 3.58. The Morgan fingerprint density at radius 1 is 1.27 bits per heavy atom. The fraction of sp³-hybridized carbons (Fsp3) is 0.900. The number of hydrogen-bond donors (Lipinski definition) is 0. The van der Waals surface area contributed by atoms with E-state index in [0.29, 0.717) is 11.7 Å². The molecule has 2 rings (SSSR count). The van der Waals surface area contributed by atoms with Crippen LogP contribution in [0.15, 0.2) is 0 Å². The highest BCUT2D eigenvalue weighted by atomic mass is 16.1. The first-order valence-corrected chi connectivity index (χ1v) is 4.82. The van der Waals surface area contributed by atoms with Crippen molar-refractivity contribution in [3.8, 4) is 0 Å². The Bertz CT molecular complexity index is 174. The molecule has 62 valence electrons. The number of fused-ring (bicyclic) bond motifs is 1. The van der Waals surface area contributed by atoms with E-state index in [1.54, 1.807) is 0 Å². The van der Waals surface area contributed by atoms with Crippen molar-refractivity contribution in [1.82, 2.24) is 0 Å². The van der Waals surface area contributed by atoms with Gasteiger partial charge in [0.05, 0.1) is 0 Å². The van der Waals surface area contributed by atoms with Crippen LogP contribution in [0, 0.1) is 17.8 Å². The maximum atomic E-state index is 11.3. The molecule has 0 spiro atoms. The Balaban J connectivity index is 2.11. The summed E-state index contributed by atoms with van der Waals surface area (Å²) in [6.07, 6.45) is 6.25. The molecule has 2 unspecified atom stereocenters. The molecule has 1 heteroatoms. The first kappa shape index (κ1) is 7.33. The molecule has 1 nitrogen and oxygen atoms in total. The standard InChI is InChI=1S/C10H16O/c1-7-9-5-3-2-4-8(9)6-10(7)11/h7-9H,2-6H2,1H3/t7?,8?,9-/m0/s1. The minimum Gasteiger partial charge on any atom is -0.299 e. The van der Waals surface area contributed by atoms with Crippen LogP contribution in [-0.4, -0.2) is 5.78 Å². The highest BCUT2D eigenvalue weighted by Crippen LogP contribution is 2.43. The molecule has 3 atom stereocenters. The molecule has 0 N–H and O–H groups in total. The third-order valence-corrected chi connectivity index (χ3v) is 3.58. The molecule has 0 saturated heterocycles. The topological polar surface area (TPSA) is 17.1 Å². The second-order valence-corrected chi connectivity index (χ2v) is 4.17. The Kier molecular flexibility index (Phi) is 1.74. The van der Waals surface area contributed by atoms with E-state index in [0.717, 1.165) is 18.3 Å². The number of ketones is 1. The normalized spacial score (nSPS) is 44.1. The van der Waals surface area contributed by atoms with Crippen molar-refractivity contribution in [2.24, 2.45) is 17.8 Å². The zero-order chi connectivity index (χ0) is 7.84. The minimum absolute atomic E-state index is 0.389. The van der Waals surface area contributed by atoms with Crippen LogP contribution < -0.4 is 0 Å². The summed E-state index contributed by atoms with van der Waals surface area (Å²) in [4.78, 5) is 11.3. The molecule has 0 heterocycles. The number of rotatable bonds is 0. The molecule has 2 aliphatic carbocycles. The number of hydrogen-bond acceptors (Lipinski definition) is 1. The van der Waals surface area contributed by atoms with E-state index >= 15 is 0 Å². The van der Waals surface area contributed by atoms with Gasteiger partial charge in [0.2, 0.25) is 0 Å². The van der Waals surface area contributed by atoms with E-state index in [9.17, 15) is 4.79 Å². The maximum Gasteiger partial charge on any atom is 0.136 e. The molecular formula is C10H16O. The summed E-state index contributed by atoms with van der Waals surface area (Å²) >= 11 is 0. The van der Waals surface area contributed by atoms with Gasteiger partial charge in [-0.2, -0.15) is 0 Å². The van der Waals surface area contributed by atoms with Crippen molar-refractivity contribution in [2.75, 3.05) is 0 Å². The minimum atomic E-state index is 0.389. The van der Waals surface area contributed by atoms with Crippen molar-refractivity contribution in [3.05, 3.63) is 0 Å². The van der Waals surface area contributed by atoms with E-state index in [-0.39, 0.29) is 0 Å². The van der Waals surface area contributed by atoms with E-state index in [4.69, 9.17) is 0 Å². The number of carbonyl (C=O) groups excluding carboxylic acids is 1. The predicted molar refractivity (Wildman–Crippen MR) is 44.2 cm³/mol. The van der Waals surface area contributed by atoms with Gasteiger partial charge in [-0.3, -0.25) is 4.79 Å². The summed E-state index contributed by atoms with van der Waals surface area (Å²) in [5.41, 5.74) is 0. The zero-order valence-electron chi connectivity index (χ0n) is 7.18. The van der Waals surface area contributed by atoms with Crippen molar-refractivity contribution in [3.63, 3.8) is 0 Å². The average Bonchev–Trinajstić information content (AvgIpc) is 2.30. The van der Waals surface area contributed by atoms with Crippen molar-refractivity contribution >= 4 is 5.78 Å². The van der Waals surface area contributed by atoms with Crippen LogP contribution >= 0.6 is 0 Å². The van der Waals surface area contributed by atoms with Gasteiger partial charge in [0.1, 0.15) is 5.78 Å². The van der Waals surface area contributed by atoms with E-state index in [1.807, 2.05) is 0 Å². The van der Waals surface area contributed by atoms with Crippen molar-refractivity contribution in [1.29, 1.82) is 0 Å². The number of carbonyl (C=O) groups is 1. The summed E-state index contributed by atoms with van der Waals surface area (Å²) in [6.45, 7) is 2.12. The third kappa shape index (κ3) is 1.11. The predicted octanol–water partition coefficient (Wildman–Crippen LogP) is 2.40. The van der Waals surface area contributed by atoms with Gasteiger partial charge in [-0.15, -0.1) is 0 Å². The molecule has 2 fully saturated rings. The first-order valence-electron chi connectivity index (χ1n) is 4.82. The molecule has 0 bridgehead atoms. The lowest BCUT2D eigenvalue weighted by atomic mass is 9.79. The molecule has 2 aliphatic rings. The summed E-state index contributed by atoms with van der Waals surface area (Å²) in [7, 11) is 0. The van der Waals surface area contributed by atoms with Crippen LogP contribution in [0.2, 0.25) is 0 Å². The van der Waals surface area contributed by atoms with Gasteiger partial charge in [0, 0.05) is 12.3 Å². The molecule has 2 saturated carbocycles. The molecule has 0 aromatic rings. The van der Waals surface area contributed by atoms with Crippen molar-refractivity contribution < 1.29 is 4.79 Å². The molecule has 0 aliphatic heterocycles. The fourth-order valence-corrected chi connectivity index (χ4v) is 2.83. The molecule has 0 aromatic carbocycles. The monoisotopic (exact) mass is 152 g/mol. The smallest absolute Gasteiger partial charge is 0.136 e. The Labute approximate surface area is 68.2 Å². The lowest BCUT2D eigenvalue weighted by molar-refractivity contribution is -0.120. The van der Waals surface area contributed by atoms with Gasteiger partial charge >= 0.3 is 0 Å². The highest BCUT2D eigenvalue weighted by Gasteiger charge is 2.40. The van der Waals surface area contributed by atoms with Gasteiger partial charge in [-0.05, 0) is 24.7 Å². The summed E-state index contributed by atoms with van der Waals surface area (Å²) in [5, 5.41) is 0. The second-order valence-electron chi connectivity index (χ2n) is 4.17. The molecule has 0 radical (unpaired) electrons. The molecule has 0 amide bonds. The summed E-state index contributed by atoms with van der Waals surface area (Å²) in [5.74, 6) is 2.45. The lowest BCUT2D eigenvalue weighted by Gasteiger charge is -2.26. The van der Waals surface area contributed by atoms with Gasteiger partial charge in [-0.25, -0.2) is 0 Å². The first-order chi connectivity index (χ1) is 5.29. The van der Waals surface area contributed by atoms with Gasteiger partial charge in [0.25, 0.3) is 0 Å². The van der Waals surface area contributed by atoms with Crippen LogP contribution in [0.1, 0.15) is 39.0 Å².